The summed E-state index contributed by atoms with van der Waals surface area (Å²) in [4.78, 5) is 0. The Labute approximate surface area is 118 Å². The van der Waals surface area contributed by atoms with Crippen LogP contribution in [0.2, 0.25) is 0 Å². The molecule has 1 aromatic rings. The first-order valence-corrected chi connectivity index (χ1v) is 7.69. The fraction of sp³-hybridized carbons (Fsp3) is 0.647. The summed E-state index contributed by atoms with van der Waals surface area (Å²) < 4.78 is 5.46. The van der Waals surface area contributed by atoms with E-state index in [0.717, 1.165) is 18.1 Å². The Kier molecular flexibility index (Phi) is 7.57. The summed E-state index contributed by atoms with van der Waals surface area (Å²) in [5.41, 5.74) is 7.55. The van der Waals surface area contributed by atoms with Gasteiger partial charge in [-0.05, 0) is 37.0 Å². The van der Waals surface area contributed by atoms with E-state index in [-0.39, 0.29) is 6.04 Å². The van der Waals surface area contributed by atoms with Gasteiger partial charge < -0.3 is 10.5 Å². The third-order valence-electron chi connectivity index (χ3n) is 3.75. The fourth-order valence-electron chi connectivity index (χ4n) is 2.45. The van der Waals surface area contributed by atoms with Crippen molar-refractivity contribution in [2.24, 2.45) is 11.7 Å². The van der Waals surface area contributed by atoms with Crippen LogP contribution in [0.1, 0.15) is 64.5 Å². The average Bonchev–Trinajstić information content (AvgIpc) is 2.44. The molecule has 1 rings (SSSR count). The third-order valence-corrected chi connectivity index (χ3v) is 3.75. The summed E-state index contributed by atoms with van der Waals surface area (Å²) in [5, 5.41) is 0. The molecule has 108 valence electrons. The summed E-state index contributed by atoms with van der Waals surface area (Å²) in [5.74, 6) is 1.68. The van der Waals surface area contributed by atoms with Crippen molar-refractivity contribution in [1.29, 1.82) is 0 Å². The molecule has 2 atom stereocenters. The monoisotopic (exact) mass is 263 g/mol. The second kappa shape index (κ2) is 8.98. The van der Waals surface area contributed by atoms with Crippen LogP contribution in [0, 0.1) is 5.92 Å². The molecule has 2 nitrogen and oxygen atoms in total. The highest BCUT2D eigenvalue weighted by molar-refractivity contribution is 5.29. The van der Waals surface area contributed by atoms with Gasteiger partial charge in [0.1, 0.15) is 5.75 Å². The molecule has 0 spiro atoms. The molecule has 0 saturated carbocycles. The number of hydrogen-bond donors (Lipinski definition) is 1. The van der Waals surface area contributed by atoms with Crippen LogP contribution in [-0.2, 0) is 0 Å². The van der Waals surface area contributed by atoms with E-state index in [0.29, 0.717) is 6.61 Å². The van der Waals surface area contributed by atoms with Gasteiger partial charge in [-0.2, -0.15) is 0 Å². The van der Waals surface area contributed by atoms with Crippen LogP contribution < -0.4 is 10.5 Å². The molecular formula is C17H29NO. The van der Waals surface area contributed by atoms with Gasteiger partial charge in [0, 0.05) is 6.04 Å². The van der Waals surface area contributed by atoms with Crippen molar-refractivity contribution in [3.63, 3.8) is 0 Å². The first kappa shape index (κ1) is 16.0. The molecule has 0 heterocycles. The molecule has 2 unspecified atom stereocenters. The smallest absolute Gasteiger partial charge is 0.119 e. The third kappa shape index (κ3) is 5.65. The van der Waals surface area contributed by atoms with Gasteiger partial charge in [0.15, 0.2) is 0 Å². The second-order valence-electron chi connectivity index (χ2n) is 5.26. The van der Waals surface area contributed by atoms with Crippen molar-refractivity contribution in [3.8, 4) is 5.75 Å². The van der Waals surface area contributed by atoms with E-state index in [1.54, 1.807) is 0 Å². The van der Waals surface area contributed by atoms with E-state index in [1.165, 1.54) is 31.2 Å². The van der Waals surface area contributed by atoms with Crippen molar-refractivity contribution < 1.29 is 4.74 Å². The van der Waals surface area contributed by atoms with Crippen LogP contribution in [0.4, 0.5) is 0 Å². The van der Waals surface area contributed by atoms with Gasteiger partial charge in [0.25, 0.3) is 0 Å². The number of hydrogen-bond acceptors (Lipinski definition) is 2. The van der Waals surface area contributed by atoms with Gasteiger partial charge in [0.2, 0.25) is 0 Å². The number of nitrogens with two attached hydrogens (primary N) is 1. The molecule has 1 aromatic carbocycles. The molecule has 0 aromatic heterocycles. The van der Waals surface area contributed by atoms with Crippen molar-refractivity contribution in [2.75, 3.05) is 6.61 Å². The van der Waals surface area contributed by atoms with Gasteiger partial charge in [-0.3, -0.25) is 0 Å². The Balaban J connectivity index is 2.53. The fourth-order valence-corrected chi connectivity index (χ4v) is 2.45. The normalized spacial score (nSPS) is 14.1. The molecule has 2 heteroatoms. The van der Waals surface area contributed by atoms with E-state index in [2.05, 4.69) is 26.0 Å². The lowest BCUT2D eigenvalue weighted by Crippen LogP contribution is -2.15. The maximum atomic E-state index is 6.33. The highest BCUT2D eigenvalue weighted by Gasteiger charge is 2.13. The van der Waals surface area contributed by atoms with Crippen LogP contribution in [0.5, 0.6) is 5.75 Å². The lowest BCUT2D eigenvalue weighted by atomic mass is 9.89. The molecule has 2 N–H and O–H groups in total. The molecule has 0 aliphatic carbocycles. The maximum absolute atomic E-state index is 6.33. The van der Waals surface area contributed by atoms with Crippen molar-refractivity contribution in [3.05, 3.63) is 29.8 Å². The van der Waals surface area contributed by atoms with E-state index in [1.807, 2.05) is 19.1 Å². The Morgan fingerprint density at radius 1 is 1.11 bits per heavy atom. The predicted molar refractivity (Wildman–Crippen MR) is 82.5 cm³/mol. The molecule has 0 radical (unpaired) electrons. The van der Waals surface area contributed by atoms with Crippen LogP contribution in [0.25, 0.3) is 0 Å². The van der Waals surface area contributed by atoms with Gasteiger partial charge in [-0.15, -0.1) is 0 Å². The molecule has 0 bridgehead atoms. The quantitative estimate of drug-likeness (QED) is 0.701. The molecule has 0 amide bonds. The van der Waals surface area contributed by atoms with Crippen LogP contribution >= 0.6 is 0 Å². The van der Waals surface area contributed by atoms with E-state index in [9.17, 15) is 0 Å². The number of rotatable bonds is 9. The Bertz CT molecular complexity index is 334. The van der Waals surface area contributed by atoms with Gasteiger partial charge >= 0.3 is 0 Å². The lowest BCUT2D eigenvalue weighted by Gasteiger charge is -2.20. The van der Waals surface area contributed by atoms with Crippen LogP contribution in [0.15, 0.2) is 24.3 Å². The van der Waals surface area contributed by atoms with Gasteiger partial charge in [0.05, 0.1) is 6.61 Å². The van der Waals surface area contributed by atoms with Gasteiger partial charge in [-0.25, -0.2) is 0 Å². The minimum absolute atomic E-state index is 0.150. The van der Waals surface area contributed by atoms with Crippen molar-refractivity contribution >= 4 is 0 Å². The first-order valence-electron chi connectivity index (χ1n) is 7.69. The largest absolute Gasteiger partial charge is 0.494 e. The Hall–Kier alpha value is -1.02. The Morgan fingerprint density at radius 2 is 1.79 bits per heavy atom. The zero-order valence-corrected chi connectivity index (χ0v) is 12.7. The maximum Gasteiger partial charge on any atom is 0.119 e. The van der Waals surface area contributed by atoms with Crippen LogP contribution in [-0.4, -0.2) is 6.61 Å². The average molecular weight is 263 g/mol. The molecular weight excluding hydrogens is 234 g/mol. The number of ether oxygens (including phenoxy) is 1. The highest BCUT2D eigenvalue weighted by Crippen LogP contribution is 2.26. The molecule has 19 heavy (non-hydrogen) atoms. The second-order valence-corrected chi connectivity index (χ2v) is 5.26. The van der Waals surface area contributed by atoms with E-state index < -0.39 is 0 Å². The summed E-state index contributed by atoms with van der Waals surface area (Å²) in [6.07, 6.45) is 6.20. The molecule has 0 saturated heterocycles. The highest BCUT2D eigenvalue weighted by atomic mass is 16.5. The zero-order valence-electron chi connectivity index (χ0n) is 12.7. The first-order chi connectivity index (χ1) is 9.21. The zero-order chi connectivity index (χ0) is 14.1. The summed E-state index contributed by atoms with van der Waals surface area (Å²) in [7, 11) is 0. The number of unbranched alkanes of at least 4 members (excludes halogenated alkanes) is 1. The standard InChI is InChI=1S/C17H29NO/c1-4-7-8-14(5-2)13-17(18)15-9-11-16(12-10-15)19-6-3/h9-12,14,17H,4-8,13,18H2,1-3H3. The topological polar surface area (TPSA) is 35.2 Å². The predicted octanol–water partition coefficient (Wildman–Crippen LogP) is 4.69. The molecule has 0 aliphatic heterocycles. The summed E-state index contributed by atoms with van der Waals surface area (Å²) >= 11 is 0. The number of benzene rings is 1. The summed E-state index contributed by atoms with van der Waals surface area (Å²) in [6.45, 7) is 7.23. The minimum Gasteiger partial charge on any atom is -0.494 e. The molecule has 0 fully saturated rings. The lowest BCUT2D eigenvalue weighted by molar-refractivity contribution is 0.340. The van der Waals surface area contributed by atoms with E-state index >= 15 is 0 Å². The minimum atomic E-state index is 0.150. The van der Waals surface area contributed by atoms with Crippen molar-refractivity contribution in [2.45, 2.75) is 58.9 Å². The summed E-state index contributed by atoms with van der Waals surface area (Å²) in [6, 6.07) is 8.39. The van der Waals surface area contributed by atoms with Gasteiger partial charge in [-0.1, -0.05) is 51.7 Å². The Morgan fingerprint density at radius 3 is 2.32 bits per heavy atom. The van der Waals surface area contributed by atoms with E-state index in [4.69, 9.17) is 10.5 Å². The molecule has 0 aliphatic rings. The van der Waals surface area contributed by atoms with Crippen molar-refractivity contribution in [1.82, 2.24) is 0 Å². The SMILES string of the molecule is CCCCC(CC)CC(N)c1ccc(OCC)cc1. The van der Waals surface area contributed by atoms with Crippen LogP contribution in [0.3, 0.4) is 0 Å².